The van der Waals surface area contributed by atoms with E-state index < -0.39 is 0 Å². The smallest absolute Gasteiger partial charge is 0.0436 e. The maximum Gasteiger partial charge on any atom is 0.0436 e. The van der Waals surface area contributed by atoms with Gasteiger partial charge in [-0.3, -0.25) is 0 Å². The molecule has 0 radical (unpaired) electrons. The summed E-state index contributed by atoms with van der Waals surface area (Å²) in [6, 6.07) is 0. The third-order valence-corrected chi connectivity index (χ3v) is 2.41. The van der Waals surface area contributed by atoms with Gasteiger partial charge in [-0.25, -0.2) is 0 Å². The lowest BCUT2D eigenvalue weighted by molar-refractivity contribution is 0.189. The standard InChI is InChI=1S/C10H16O/c1-10(2,7-8-11)9-5-3-4-6-9/h3-6,9,11H,7-8H2,1-2H3. The molecule has 0 aromatic rings. The Labute approximate surface area is 68.4 Å². The van der Waals surface area contributed by atoms with E-state index in [4.69, 9.17) is 5.11 Å². The largest absolute Gasteiger partial charge is 0.396 e. The number of rotatable bonds is 3. The minimum atomic E-state index is 0.207. The summed E-state index contributed by atoms with van der Waals surface area (Å²) >= 11 is 0. The van der Waals surface area contributed by atoms with Crippen molar-refractivity contribution in [1.29, 1.82) is 0 Å². The molecule has 1 nitrogen and oxygen atoms in total. The molecule has 0 aromatic heterocycles. The predicted octanol–water partition coefficient (Wildman–Crippen LogP) is 2.14. The van der Waals surface area contributed by atoms with Crippen LogP contribution in [0.4, 0.5) is 0 Å². The van der Waals surface area contributed by atoms with E-state index in [0.717, 1.165) is 6.42 Å². The minimum absolute atomic E-state index is 0.207. The van der Waals surface area contributed by atoms with E-state index >= 15 is 0 Å². The van der Waals surface area contributed by atoms with Crippen LogP contribution in [0.15, 0.2) is 24.3 Å². The van der Waals surface area contributed by atoms with E-state index in [2.05, 4.69) is 38.2 Å². The van der Waals surface area contributed by atoms with E-state index in [0.29, 0.717) is 5.92 Å². The summed E-state index contributed by atoms with van der Waals surface area (Å²) in [6.07, 6.45) is 9.39. The first-order valence-electron chi connectivity index (χ1n) is 4.13. The maximum absolute atomic E-state index is 8.81. The van der Waals surface area contributed by atoms with Crippen LogP contribution in [0.25, 0.3) is 0 Å². The summed E-state index contributed by atoms with van der Waals surface area (Å²) in [6.45, 7) is 4.66. The lowest BCUT2D eigenvalue weighted by Crippen LogP contribution is -2.21. The molecule has 0 atom stereocenters. The second-order valence-electron chi connectivity index (χ2n) is 3.76. The van der Waals surface area contributed by atoms with Gasteiger partial charge in [-0.2, -0.15) is 0 Å². The van der Waals surface area contributed by atoms with E-state index in [-0.39, 0.29) is 12.0 Å². The zero-order valence-corrected chi connectivity index (χ0v) is 7.25. The molecule has 0 spiro atoms. The molecule has 0 aromatic carbocycles. The minimum Gasteiger partial charge on any atom is -0.396 e. The van der Waals surface area contributed by atoms with E-state index in [1.54, 1.807) is 0 Å². The molecule has 1 N–H and O–H groups in total. The fraction of sp³-hybridized carbons (Fsp3) is 0.600. The molecular formula is C10H16O. The lowest BCUT2D eigenvalue weighted by atomic mass is 9.77. The zero-order chi connectivity index (χ0) is 8.32. The molecule has 0 saturated carbocycles. The molecule has 62 valence electrons. The lowest BCUT2D eigenvalue weighted by Gasteiger charge is -2.28. The Morgan fingerprint density at radius 1 is 1.27 bits per heavy atom. The van der Waals surface area contributed by atoms with Gasteiger partial charge in [-0.05, 0) is 11.8 Å². The van der Waals surface area contributed by atoms with Crippen molar-refractivity contribution >= 4 is 0 Å². The predicted molar refractivity (Wildman–Crippen MR) is 47.3 cm³/mol. The Morgan fingerprint density at radius 2 is 1.82 bits per heavy atom. The Hall–Kier alpha value is -0.560. The topological polar surface area (TPSA) is 20.2 Å². The molecule has 0 bridgehead atoms. The fourth-order valence-electron chi connectivity index (χ4n) is 1.41. The second kappa shape index (κ2) is 3.22. The van der Waals surface area contributed by atoms with Crippen LogP contribution in [0.3, 0.4) is 0 Å². The molecule has 0 unspecified atom stereocenters. The highest BCUT2D eigenvalue weighted by molar-refractivity contribution is 5.20. The highest BCUT2D eigenvalue weighted by Gasteiger charge is 2.25. The Morgan fingerprint density at radius 3 is 2.27 bits per heavy atom. The summed E-state index contributed by atoms with van der Waals surface area (Å²) < 4.78 is 0. The van der Waals surface area contributed by atoms with E-state index in [9.17, 15) is 0 Å². The van der Waals surface area contributed by atoms with Gasteiger partial charge in [-0.1, -0.05) is 38.2 Å². The van der Waals surface area contributed by atoms with Gasteiger partial charge in [0.1, 0.15) is 0 Å². The van der Waals surface area contributed by atoms with Crippen LogP contribution in [-0.4, -0.2) is 11.7 Å². The average molecular weight is 152 g/mol. The molecule has 1 heteroatoms. The third-order valence-electron chi connectivity index (χ3n) is 2.41. The second-order valence-corrected chi connectivity index (χ2v) is 3.76. The van der Waals surface area contributed by atoms with Crippen molar-refractivity contribution in [3.8, 4) is 0 Å². The van der Waals surface area contributed by atoms with Crippen molar-refractivity contribution < 1.29 is 5.11 Å². The molecule has 1 rings (SSSR count). The number of hydrogen-bond acceptors (Lipinski definition) is 1. The van der Waals surface area contributed by atoms with Crippen LogP contribution in [0, 0.1) is 11.3 Å². The van der Waals surface area contributed by atoms with Crippen LogP contribution < -0.4 is 0 Å². The van der Waals surface area contributed by atoms with Gasteiger partial charge in [-0.15, -0.1) is 0 Å². The molecule has 0 fully saturated rings. The summed E-state index contributed by atoms with van der Waals surface area (Å²) in [4.78, 5) is 0. The molecule has 0 amide bonds. The summed E-state index contributed by atoms with van der Waals surface area (Å²) in [5.41, 5.74) is 0.207. The SMILES string of the molecule is CC(C)(CCO)C1C=CC=C1. The van der Waals surface area contributed by atoms with Crippen LogP contribution in [0.2, 0.25) is 0 Å². The van der Waals surface area contributed by atoms with Crippen LogP contribution in [0.1, 0.15) is 20.3 Å². The molecule has 0 aliphatic heterocycles. The molecule has 11 heavy (non-hydrogen) atoms. The van der Waals surface area contributed by atoms with Gasteiger partial charge in [0.05, 0.1) is 0 Å². The number of hydrogen-bond donors (Lipinski definition) is 1. The maximum atomic E-state index is 8.81. The van der Waals surface area contributed by atoms with Gasteiger partial charge in [0.2, 0.25) is 0 Å². The van der Waals surface area contributed by atoms with E-state index in [1.165, 1.54) is 0 Å². The zero-order valence-electron chi connectivity index (χ0n) is 7.25. The van der Waals surface area contributed by atoms with E-state index in [1.807, 2.05) is 0 Å². The Balaban J connectivity index is 2.56. The van der Waals surface area contributed by atoms with Gasteiger partial charge in [0.15, 0.2) is 0 Å². The van der Waals surface area contributed by atoms with Gasteiger partial charge in [0, 0.05) is 12.5 Å². The first-order chi connectivity index (χ1) is 5.17. The molecule has 1 aliphatic rings. The quantitative estimate of drug-likeness (QED) is 0.657. The van der Waals surface area contributed by atoms with Crippen molar-refractivity contribution in [3.05, 3.63) is 24.3 Å². The molecule has 0 saturated heterocycles. The first-order valence-corrected chi connectivity index (χ1v) is 4.13. The number of aliphatic hydroxyl groups excluding tert-OH is 1. The third kappa shape index (κ3) is 1.93. The molecule has 0 heterocycles. The van der Waals surface area contributed by atoms with Crippen molar-refractivity contribution in [2.45, 2.75) is 20.3 Å². The summed E-state index contributed by atoms with van der Waals surface area (Å²) in [7, 11) is 0. The van der Waals surface area contributed by atoms with Gasteiger partial charge < -0.3 is 5.11 Å². The normalized spacial score (nSPS) is 18.1. The van der Waals surface area contributed by atoms with Crippen LogP contribution >= 0.6 is 0 Å². The van der Waals surface area contributed by atoms with Gasteiger partial charge >= 0.3 is 0 Å². The molecular weight excluding hydrogens is 136 g/mol. The van der Waals surface area contributed by atoms with Crippen LogP contribution in [-0.2, 0) is 0 Å². The van der Waals surface area contributed by atoms with Crippen molar-refractivity contribution in [3.63, 3.8) is 0 Å². The Bertz CT molecular complexity index is 165. The monoisotopic (exact) mass is 152 g/mol. The highest BCUT2D eigenvalue weighted by Crippen LogP contribution is 2.34. The fourth-order valence-corrected chi connectivity index (χ4v) is 1.41. The number of allylic oxidation sites excluding steroid dienone is 4. The first kappa shape index (κ1) is 8.54. The Kier molecular flexibility index (Phi) is 2.50. The summed E-state index contributed by atoms with van der Waals surface area (Å²) in [5, 5.41) is 8.81. The molecule has 1 aliphatic carbocycles. The average Bonchev–Trinajstić information content (AvgIpc) is 2.37. The summed E-state index contributed by atoms with van der Waals surface area (Å²) in [5.74, 6) is 0.509. The van der Waals surface area contributed by atoms with Gasteiger partial charge in [0.25, 0.3) is 0 Å². The van der Waals surface area contributed by atoms with Crippen molar-refractivity contribution in [1.82, 2.24) is 0 Å². The van der Waals surface area contributed by atoms with Crippen LogP contribution in [0.5, 0.6) is 0 Å². The van der Waals surface area contributed by atoms with Crippen molar-refractivity contribution in [2.24, 2.45) is 11.3 Å². The van der Waals surface area contributed by atoms with Crippen molar-refractivity contribution in [2.75, 3.05) is 6.61 Å². The number of aliphatic hydroxyl groups is 1. The highest BCUT2D eigenvalue weighted by atomic mass is 16.3.